The lowest BCUT2D eigenvalue weighted by molar-refractivity contribution is 0.102. The van der Waals surface area contributed by atoms with Crippen molar-refractivity contribution in [3.63, 3.8) is 0 Å². The predicted octanol–water partition coefficient (Wildman–Crippen LogP) is 3.89. The summed E-state index contributed by atoms with van der Waals surface area (Å²) in [6.45, 7) is 0. The molecule has 0 bridgehead atoms. The van der Waals surface area contributed by atoms with E-state index in [1.54, 1.807) is 12.1 Å². The minimum absolute atomic E-state index is 0.213. The van der Waals surface area contributed by atoms with Crippen molar-refractivity contribution in [1.29, 1.82) is 0 Å². The number of amides is 1. The minimum atomic E-state index is -0.516. The van der Waals surface area contributed by atoms with Crippen LogP contribution in [-0.4, -0.2) is 10.9 Å². The molecule has 6 heteroatoms. The topological polar surface area (TPSA) is 42.0 Å². The lowest BCUT2D eigenvalue weighted by Crippen LogP contribution is -2.14. The Morgan fingerprint density at radius 2 is 2.17 bits per heavy atom. The van der Waals surface area contributed by atoms with Gasteiger partial charge in [0.15, 0.2) is 0 Å². The number of nitrogens with one attached hydrogen (secondary N) is 1. The van der Waals surface area contributed by atoms with Crippen LogP contribution in [0.2, 0.25) is 5.02 Å². The van der Waals surface area contributed by atoms with Crippen LogP contribution in [0.25, 0.3) is 0 Å². The average molecular weight is 330 g/mol. The molecule has 0 spiro atoms. The molecule has 2 rings (SSSR count). The smallest absolute Gasteiger partial charge is 0.275 e. The first-order valence-corrected chi connectivity index (χ1v) is 6.11. The number of benzene rings is 1. The van der Waals surface area contributed by atoms with Gasteiger partial charge in [-0.3, -0.25) is 4.79 Å². The summed E-state index contributed by atoms with van der Waals surface area (Å²) < 4.78 is 13.7. The van der Waals surface area contributed by atoms with E-state index in [1.165, 1.54) is 18.3 Å². The minimum Gasteiger partial charge on any atom is -0.320 e. The number of hydrogen-bond acceptors (Lipinski definition) is 2. The highest BCUT2D eigenvalue weighted by molar-refractivity contribution is 9.10. The molecule has 0 saturated carbocycles. The Balaban J connectivity index is 2.24. The molecule has 1 aromatic heterocycles. The summed E-state index contributed by atoms with van der Waals surface area (Å²) in [5, 5.41) is 2.74. The van der Waals surface area contributed by atoms with Crippen LogP contribution in [-0.2, 0) is 0 Å². The summed E-state index contributed by atoms with van der Waals surface area (Å²) in [6.07, 6.45) is 1.50. The maximum Gasteiger partial charge on any atom is 0.275 e. The van der Waals surface area contributed by atoms with Crippen LogP contribution < -0.4 is 5.32 Å². The number of carbonyl (C=O) groups is 1. The second kappa shape index (κ2) is 5.46. The molecular formula is C12H7BrClFN2O. The highest BCUT2D eigenvalue weighted by Crippen LogP contribution is 2.20. The van der Waals surface area contributed by atoms with E-state index in [0.29, 0.717) is 4.47 Å². The normalized spacial score (nSPS) is 10.2. The van der Waals surface area contributed by atoms with Gasteiger partial charge in [-0.15, -0.1) is 0 Å². The molecule has 0 atom stereocenters. The summed E-state index contributed by atoms with van der Waals surface area (Å²) in [6, 6.07) is 7.19. The number of anilines is 1. The zero-order valence-electron chi connectivity index (χ0n) is 8.95. The van der Waals surface area contributed by atoms with Gasteiger partial charge in [-0.25, -0.2) is 9.37 Å². The second-order valence-electron chi connectivity index (χ2n) is 3.45. The van der Waals surface area contributed by atoms with Gasteiger partial charge in [0.1, 0.15) is 11.5 Å². The first-order valence-electron chi connectivity index (χ1n) is 4.94. The van der Waals surface area contributed by atoms with Gasteiger partial charge in [-0.1, -0.05) is 11.6 Å². The first-order chi connectivity index (χ1) is 8.56. The van der Waals surface area contributed by atoms with Crippen molar-refractivity contribution >= 4 is 39.1 Å². The third kappa shape index (κ3) is 3.05. The van der Waals surface area contributed by atoms with Gasteiger partial charge < -0.3 is 5.32 Å². The molecule has 0 aliphatic rings. The monoisotopic (exact) mass is 328 g/mol. The standard InChI is InChI=1S/C12H7BrClFN2O/c13-10-2-1-3-16-11(10)12(18)17-9-5-7(14)4-8(15)6-9/h1-6H,(H,17,18). The van der Waals surface area contributed by atoms with Crippen LogP contribution in [0, 0.1) is 5.82 Å². The van der Waals surface area contributed by atoms with Crippen LogP contribution in [0.5, 0.6) is 0 Å². The first kappa shape index (κ1) is 13.0. The Hall–Kier alpha value is -1.46. The highest BCUT2D eigenvalue weighted by Gasteiger charge is 2.11. The Morgan fingerprint density at radius 1 is 1.39 bits per heavy atom. The average Bonchev–Trinajstić information content (AvgIpc) is 2.27. The summed E-state index contributed by atoms with van der Waals surface area (Å²) in [4.78, 5) is 15.8. The van der Waals surface area contributed by atoms with E-state index >= 15 is 0 Å². The van der Waals surface area contributed by atoms with Gasteiger partial charge in [-0.2, -0.15) is 0 Å². The van der Waals surface area contributed by atoms with Gasteiger partial charge in [0.25, 0.3) is 5.91 Å². The lowest BCUT2D eigenvalue weighted by Gasteiger charge is -2.06. The maximum absolute atomic E-state index is 13.1. The van der Waals surface area contributed by atoms with E-state index in [1.807, 2.05) is 0 Å². The molecule has 18 heavy (non-hydrogen) atoms. The van der Waals surface area contributed by atoms with Crippen LogP contribution in [0.4, 0.5) is 10.1 Å². The molecule has 1 aromatic carbocycles. The van der Waals surface area contributed by atoms with E-state index in [0.717, 1.165) is 6.07 Å². The van der Waals surface area contributed by atoms with E-state index in [-0.39, 0.29) is 16.4 Å². The summed E-state index contributed by atoms with van der Waals surface area (Å²) in [5.74, 6) is -0.956. The van der Waals surface area contributed by atoms with Crippen molar-refractivity contribution in [2.45, 2.75) is 0 Å². The number of pyridine rings is 1. The van der Waals surface area contributed by atoms with E-state index in [9.17, 15) is 9.18 Å². The van der Waals surface area contributed by atoms with Gasteiger partial charge in [-0.05, 0) is 46.3 Å². The van der Waals surface area contributed by atoms with Crippen LogP contribution in [0.3, 0.4) is 0 Å². The van der Waals surface area contributed by atoms with Gasteiger partial charge in [0.05, 0.1) is 0 Å². The fourth-order valence-electron chi connectivity index (χ4n) is 1.37. The van der Waals surface area contributed by atoms with Crippen molar-refractivity contribution in [1.82, 2.24) is 4.98 Å². The number of carbonyl (C=O) groups excluding carboxylic acids is 1. The fourth-order valence-corrected chi connectivity index (χ4v) is 2.03. The molecule has 0 unspecified atom stereocenters. The number of halogens is 3. The van der Waals surface area contributed by atoms with Crippen LogP contribution in [0.15, 0.2) is 41.0 Å². The largest absolute Gasteiger partial charge is 0.320 e. The molecule has 1 heterocycles. The van der Waals surface area contributed by atoms with Crippen molar-refractivity contribution in [3.8, 4) is 0 Å². The molecule has 1 amide bonds. The molecule has 0 radical (unpaired) electrons. The molecular weight excluding hydrogens is 322 g/mol. The van der Waals surface area contributed by atoms with Crippen molar-refractivity contribution in [3.05, 3.63) is 57.5 Å². The molecule has 0 aliphatic heterocycles. The Kier molecular flexibility index (Phi) is 3.93. The molecule has 3 nitrogen and oxygen atoms in total. The summed E-state index contributed by atoms with van der Waals surface area (Å²) in [7, 11) is 0. The molecule has 0 saturated heterocycles. The third-order valence-corrected chi connectivity index (χ3v) is 2.95. The highest BCUT2D eigenvalue weighted by atomic mass is 79.9. The van der Waals surface area contributed by atoms with Crippen molar-refractivity contribution in [2.24, 2.45) is 0 Å². The van der Waals surface area contributed by atoms with Crippen LogP contribution in [0.1, 0.15) is 10.5 Å². The zero-order valence-corrected chi connectivity index (χ0v) is 11.3. The molecule has 0 aliphatic carbocycles. The SMILES string of the molecule is O=C(Nc1cc(F)cc(Cl)c1)c1ncccc1Br. The molecule has 0 fully saturated rings. The van der Waals surface area contributed by atoms with E-state index < -0.39 is 11.7 Å². The van der Waals surface area contributed by atoms with E-state index in [2.05, 4.69) is 26.2 Å². The van der Waals surface area contributed by atoms with Crippen molar-refractivity contribution in [2.75, 3.05) is 5.32 Å². The van der Waals surface area contributed by atoms with Gasteiger partial charge >= 0.3 is 0 Å². The quantitative estimate of drug-likeness (QED) is 0.908. The number of nitrogens with zero attached hydrogens (tertiary/aromatic N) is 1. The summed E-state index contributed by atoms with van der Waals surface area (Å²) in [5.41, 5.74) is 0.500. The predicted molar refractivity (Wildman–Crippen MR) is 71.3 cm³/mol. The second-order valence-corrected chi connectivity index (χ2v) is 4.74. The maximum atomic E-state index is 13.1. The van der Waals surface area contributed by atoms with E-state index in [4.69, 9.17) is 11.6 Å². The van der Waals surface area contributed by atoms with Crippen LogP contribution >= 0.6 is 27.5 Å². The molecule has 2 aromatic rings. The molecule has 92 valence electrons. The van der Waals surface area contributed by atoms with Gasteiger partial charge in [0.2, 0.25) is 0 Å². The molecule has 1 N–H and O–H groups in total. The summed E-state index contributed by atoms with van der Waals surface area (Å²) >= 11 is 8.91. The number of rotatable bonds is 2. The van der Waals surface area contributed by atoms with Gasteiger partial charge in [0, 0.05) is 21.4 Å². The Labute approximate surface area is 116 Å². The lowest BCUT2D eigenvalue weighted by atomic mass is 10.3. The Morgan fingerprint density at radius 3 is 2.83 bits per heavy atom. The zero-order chi connectivity index (χ0) is 13.1. The Bertz CT molecular complexity index is 586. The number of aromatic nitrogens is 1. The number of hydrogen-bond donors (Lipinski definition) is 1. The fraction of sp³-hybridized carbons (Fsp3) is 0. The third-order valence-electron chi connectivity index (χ3n) is 2.09. The van der Waals surface area contributed by atoms with Crippen molar-refractivity contribution < 1.29 is 9.18 Å².